The van der Waals surface area contributed by atoms with Crippen LogP contribution in [0.5, 0.6) is 0 Å². The lowest BCUT2D eigenvalue weighted by molar-refractivity contribution is -0.133. The number of amides is 1. The highest BCUT2D eigenvalue weighted by Gasteiger charge is 2.29. The molecule has 1 aliphatic rings. The van der Waals surface area contributed by atoms with Crippen LogP contribution in [0.3, 0.4) is 0 Å². The molecule has 1 unspecified atom stereocenters. The Morgan fingerprint density at radius 3 is 2.09 bits per heavy atom. The fourth-order valence-corrected chi connectivity index (χ4v) is 4.80. The zero-order chi connectivity index (χ0) is 23.4. The fraction of sp³-hybridized carbons (Fsp3) is 0.393. The molecular formula is C28H34N4O. The molecule has 3 aromatic rings. The van der Waals surface area contributed by atoms with Crippen LogP contribution in [0.2, 0.25) is 0 Å². The smallest absolute Gasteiger partial charge is 0.230 e. The number of aromatic nitrogens is 2. The lowest BCUT2D eigenvalue weighted by Crippen LogP contribution is -2.50. The van der Waals surface area contributed by atoms with E-state index in [4.69, 9.17) is 9.97 Å². The first kappa shape index (κ1) is 23.0. The van der Waals surface area contributed by atoms with Crippen LogP contribution in [0.4, 0.5) is 5.82 Å². The maximum absolute atomic E-state index is 13.3. The highest BCUT2D eigenvalue weighted by atomic mass is 16.2. The Bertz CT molecular complexity index is 1070. The summed E-state index contributed by atoms with van der Waals surface area (Å²) in [5.74, 6) is 2.26. The van der Waals surface area contributed by atoms with Crippen molar-refractivity contribution in [3.05, 3.63) is 77.5 Å². The minimum atomic E-state index is -0.0741. The number of hydrogen-bond donors (Lipinski definition) is 0. The van der Waals surface area contributed by atoms with Crippen molar-refractivity contribution in [2.75, 3.05) is 31.1 Å². The first-order chi connectivity index (χ1) is 16.0. The van der Waals surface area contributed by atoms with Gasteiger partial charge in [-0.3, -0.25) is 4.79 Å². The summed E-state index contributed by atoms with van der Waals surface area (Å²) >= 11 is 0. The van der Waals surface area contributed by atoms with Gasteiger partial charge < -0.3 is 9.80 Å². The first-order valence-electron chi connectivity index (χ1n) is 12.0. The topological polar surface area (TPSA) is 49.3 Å². The number of nitrogens with zero attached hydrogens (tertiary/aromatic N) is 4. The Balaban J connectivity index is 1.55. The summed E-state index contributed by atoms with van der Waals surface area (Å²) in [6.07, 6.45) is 0.812. The van der Waals surface area contributed by atoms with E-state index in [-0.39, 0.29) is 11.8 Å². The van der Waals surface area contributed by atoms with Gasteiger partial charge in [0.2, 0.25) is 5.91 Å². The first-order valence-corrected chi connectivity index (χ1v) is 12.0. The van der Waals surface area contributed by atoms with Crippen LogP contribution in [0.25, 0.3) is 11.4 Å². The maximum atomic E-state index is 13.3. The molecule has 2 heterocycles. The normalized spacial score (nSPS) is 15.1. The number of carbonyl (C=O) groups is 1. The molecule has 1 saturated heterocycles. The largest absolute Gasteiger partial charge is 0.353 e. The van der Waals surface area contributed by atoms with E-state index in [2.05, 4.69) is 56.9 Å². The van der Waals surface area contributed by atoms with Gasteiger partial charge in [-0.1, -0.05) is 81.4 Å². The molecule has 1 aliphatic heterocycles. The predicted octanol–water partition coefficient (Wildman–Crippen LogP) is 5.42. The van der Waals surface area contributed by atoms with Gasteiger partial charge in [-0.2, -0.15) is 0 Å². The third-order valence-corrected chi connectivity index (χ3v) is 6.52. The number of carbonyl (C=O) groups excluding carboxylic acids is 1. The van der Waals surface area contributed by atoms with E-state index in [0.29, 0.717) is 19.0 Å². The molecule has 0 spiro atoms. The molecule has 1 fully saturated rings. The molecule has 0 radical (unpaired) electrons. The van der Waals surface area contributed by atoms with Gasteiger partial charge in [-0.15, -0.1) is 0 Å². The van der Waals surface area contributed by atoms with Gasteiger partial charge in [0, 0.05) is 43.0 Å². The summed E-state index contributed by atoms with van der Waals surface area (Å²) in [5, 5.41) is 0. The van der Waals surface area contributed by atoms with Crippen LogP contribution in [0.15, 0.2) is 60.7 Å². The second-order valence-electron chi connectivity index (χ2n) is 9.07. The minimum Gasteiger partial charge on any atom is -0.353 e. The third-order valence-electron chi connectivity index (χ3n) is 6.52. The van der Waals surface area contributed by atoms with Gasteiger partial charge in [-0.05, 0) is 24.8 Å². The maximum Gasteiger partial charge on any atom is 0.230 e. The lowest BCUT2D eigenvalue weighted by Gasteiger charge is -2.38. The molecule has 0 bridgehead atoms. The molecular weight excluding hydrogens is 408 g/mol. The molecule has 1 aromatic heterocycles. The molecule has 1 atom stereocenters. The van der Waals surface area contributed by atoms with Gasteiger partial charge in [0.25, 0.3) is 0 Å². The van der Waals surface area contributed by atoms with Crippen molar-refractivity contribution < 1.29 is 4.79 Å². The summed E-state index contributed by atoms with van der Waals surface area (Å²) in [5.41, 5.74) is 4.36. The van der Waals surface area contributed by atoms with Gasteiger partial charge in [0.1, 0.15) is 5.82 Å². The van der Waals surface area contributed by atoms with E-state index in [1.807, 2.05) is 41.3 Å². The van der Waals surface area contributed by atoms with Crippen LogP contribution >= 0.6 is 0 Å². The average molecular weight is 443 g/mol. The lowest BCUT2D eigenvalue weighted by atomic mass is 9.94. The number of benzene rings is 2. The molecule has 0 saturated carbocycles. The summed E-state index contributed by atoms with van der Waals surface area (Å²) in [7, 11) is 0. The van der Waals surface area contributed by atoms with Gasteiger partial charge in [-0.25, -0.2) is 9.97 Å². The van der Waals surface area contributed by atoms with Gasteiger partial charge in [0.05, 0.1) is 5.92 Å². The second-order valence-corrected chi connectivity index (χ2v) is 9.07. The van der Waals surface area contributed by atoms with Crippen molar-refractivity contribution in [1.82, 2.24) is 14.9 Å². The van der Waals surface area contributed by atoms with E-state index in [1.165, 1.54) is 5.56 Å². The molecule has 0 N–H and O–H groups in total. The van der Waals surface area contributed by atoms with Crippen LogP contribution < -0.4 is 4.90 Å². The van der Waals surface area contributed by atoms with Crippen molar-refractivity contribution in [2.45, 2.75) is 46.0 Å². The van der Waals surface area contributed by atoms with Gasteiger partial charge >= 0.3 is 0 Å². The van der Waals surface area contributed by atoms with Crippen LogP contribution in [-0.2, 0) is 4.79 Å². The van der Waals surface area contributed by atoms with Crippen molar-refractivity contribution in [3.8, 4) is 11.4 Å². The van der Waals surface area contributed by atoms with Crippen LogP contribution in [-0.4, -0.2) is 47.0 Å². The summed E-state index contributed by atoms with van der Waals surface area (Å²) in [4.78, 5) is 27.5. The number of piperazine rings is 1. The molecule has 1 amide bonds. The highest BCUT2D eigenvalue weighted by Crippen LogP contribution is 2.32. The highest BCUT2D eigenvalue weighted by molar-refractivity contribution is 5.84. The Kier molecular flexibility index (Phi) is 7.07. The average Bonchev–Trinajstić information content (AvgIpc) is 2.85. The number of anilines is 1. The summed E-state index contributed by atoms with van der Waals surface area (Å²) in [6, 6.07) is 20.3. The Labute approximate surface area is 197 Å². The predicted molar refractivity (Wildman–Crippen MR) is 135 cm³/mol. The standard InChI is InChI=1S/C28H34N4O/c1-5-24(22-12-8-6-9-13-22)28(33)32-18-16-31(17-19-32)27-25(20(2)3)21(4)29-26(30-27)23-14-10-7-11-15-23/h6-15,20,24H,5,16-19H2,1-4H3. The minimum absolute atomic E-state index is 0.0741. The summed E-state index contributed by atoms with van der Waals surface area (Å²) in [6.45, 7) is 11.6. The van der Waals surface area contributed by atoms with Crippen molar-refractivity contribution in [2.24, 2.45) is 0 Å². The Hall–Kier alpha value is -3.21. The van der Waals surface area contributed by atoms with Crippen LogP contribution in [0.1, 0.15) is 55.8 Å². The SMILES string of the molecule is CCC(C(=O)N1CCN(c2nc(-c3ccccc3)nc(C)c2C(C)C)CC1)c1ccccc1. The molecule has 5 nitrogen and oxygen atoms in total. The van der Waals surface area contributed by atoms with E-state index < -0.39 is 0 Å². The number of hydrogen-bond acceptors (Lipinski definition) is 4. The fourth-order valence-electron chi connectivity index (χ4n) is 4.80. The summed E-state index contributed by atoms with van der Waals surface area (Å²) < 4.78 is 0. The number of rotatable bonds is 6. The zero-order valence-corrected chi connectivity index (χ0v) is 20.2. The molecule has 172 valence electrons. The van der Waals surface area contributed by atoms with E-state index in [1.54, 1.807) is 0 Å². The van der Waals surface area contributed by atoms with Crippen molar-refractivity contribution in [1.29, 1.82) is 0 Å². The quantitative estimate of drug-likeness (QED) is 0.512. The molecule has 4 rings (SSSR count). The van der Waals surface area contributed by atoms with Crippen molar-refractivity contribution in [3.63, 3.8) is 0 Å². The van der Waals surface area contributed by atoms with Crippen molar-refractivity contribution >= 4 is 11.7 Å². The molecule has 5 heteroatoms. The third kappa shape index (κ3) is 4.92. The Morgan fingerprint density at radius 2 is 1.52 bits per heavy atom. The second kappa shape index (κ2) is 10.2. The van der Waals surface area contributed by atoms with E-state index >= 15 is 0 Å². The zero-order valence-electron chi connectivity index (χ0n) is 20.2. The number of aryl methyl sites for hydroxylation is 1. The van der Waals surface area contributed by atoms with Gasteiger partial charge in [0.15, 0.2) is 5.82 Å². The Morgan fingerprint density at radius 1 is 0.909 bits per heavy atom. The van der Waals surface area contributed by atoms with E-state index in [9.17, 15) is 4.79 Å². The monoisotopic (exact) mass is 442 g/mol. The van der Waals surface area contributed by atoms with Crippen LogP contribution in [0, 0.1) is 6.92 Å². The molecule has 33 heavy (non-hydrogen) atoms. The molecule has 0 aliphatic carbocycles. The molecule has 2 aromatic carbocycles. The van der Waals surface area contributed by atoms with E-state index in [0.717, 1.165) is 48.0 Å².